The van der Waals surface area contributed by atoms with Crippen LogP contribution in [0.15, 0.2) is 36.5 Å². The molecule has 1 aromatic carbocycles. The molecule has 2 aromatic rings. The van der Waals surface area contributed by atoms with Gasteiger partial charge in [0.2, 0.25) is 0 Å². The molecule has 8 heteroatoms. The van der Waals surface area contributed by atoms with E-state index >= 15 is 0 Å². The van der Waals surface area contributed by atoms with Crippen LogP contribution in [-0.4, -0.2) is 65.1 Å². The monoisotopic (exact) mass is 371 g/mol. The molecule has 8 nitrogen and oxygen atoms in total. The molecule has 3 heterocycles. The molecule has 27 heavy (non-hydrogen) atoms. The highest BCUT2D eigenvalue weighted by atomic mass is 16.5. The maximum atomic E-state index is 12.9. The van der Waals surface area contributed by atoms with Crippen LogP contribution in [-0.2, 0) is 9.53 Å². The molecular formula is C19H21N3O5. The van der Waals surface area contributed by atoms with Gasteiger partial charge < -0.3 is 19.5 Å². The fourth-order valence-corrected chi connectivity index (χ4v) is 3.93. The number of benzene rings is 1. The normalized spacial score (nSPS) is 24.5. The number of hydrogen-bond donors (Lipinski definition) is 1. The van der Waals surface area contributed by atoms with E-state index in [9.17, 15) is 14.7 Å². The lowest BCUT2D eigenvalue weighted by molar-refractivity contribution is -0.157. The van der Waals surface area contributed by atoms with E-state index in [-0.39, 0.29) is 18.4 Å². The third-order valence-electron chi connectivity index (χ3n) is 5.57. The van der Waals surface area contributed by atoms with Crippen molar-refractivity contribution in [3.05, 3.63) is 42.2 Å². The number of likely N-dealkylation sites (tertiary alicyclic amines) is 1. The largest absolute Gasteiger partial charge is 0.497 e. The summed E-state index contributed by atoms with van der Waals surface area (Å²) in [5.41, 5.74) is 0.193. The average molecular weight is 371 g/mol. The second-order valence-electron chi connectivity index (χ2n) is 7.01. The van der Waals surface area contributed by atoms with Gasteiger partial charge in [0, 0.05) is 31.8 Å². The predicted octanol–water partition coefficient (Wildman–Crippen LogP) is 1.44. The number of aromatic nitrogens is 2. The molecule has 2 aliphatic rings. The van der Waals surface area contributed by atoms with Crippen LogP contribution >= 0.6 is 0 Å². The number of carbonyl (C=O) groups is 2. The van der Waals surface area contributed by atoms with Gasteiger partial charge in [-0.2, -0.15) is 5.10 Å². The predicted molar refractivity (Wildman–Crippen MR) is 95.0 cm³/mol. The fraction of sp³-hybridized carbons (Fsp3) is 0.421. The van der Waals surface area contributed by atoms with Crippen LogP contribution in [0.25, 0.3) is 5.69 Å². The number of amides is 1. The number of methoxy groups -OCH3 is 1. The van der Waals surface area contributed by atoms with Gasteiger partial charge in [0.15, 0.2) is 5.69 Å². The number of carboxylic acids is 1. The highest BCUT2D eigenvalue weighted by Gasteiger charge is 2.55. The molecule has 0 aliphatic carbocycles. The highest BCUT2D eigenvalue weighted by Crippen LogP contribution is 2.42. The van der Waals surface area contributed by atoms with Gasteiger partial charge in [0.05, 0.1) is 24.8 Å². The Morgan fingerprint density at radius 3 is 2.74 bits per heavy atom. The first-order valence-corrected chi connectivity index (χ1v) is 8.84. The van der Waals surface area contributed by atoms with Crippen molar-refractivity contribution in [2.45, 2.75) is 6.42 Å². The van der Waals surface area contributed by atoms with Gasteiger partial charge in [-0.1, -0.05) is 0 Å². The second kappa shape index (κ2) is 6.70. The Kier molecular flexibility index (Phi) is 4.35. The Hall–Kier alpha value is -2.87. The molecule has 0 bridgehead atoms. The standard InChI is InChI=1S/C19H21N3O5/c1-26-15-4-2-14(3-5-15)22-8-6-16(20-22)17(23)21-10-13-11-27-9-7-19(13,12-21)18(24)25/h2-6,8,13H,7,9-12H2,1H3,(H,24,25)/t13-,19+/m0/s1. The summed E-state index contributed by atoms with van der Waals surface area (Å²) < 4.78 is 12.2. The molecule has 1 N–H and O–H groups in total. The topological polar surface area (TPSA) is 93.9 Å². The first-order valence-electron chi connectivity index (χ1n) is 8.84. The molecular weight excluding hydrogens is 350 g/mol. The first-order chi connectivity index (χ1) is 13.0. The van der Waals surface area contributed by atoms with Crippen LogP contribution in [0, 0.1) is 11.3 Å². The fourth-order valence-electron chi connectivity index (χ4n) is 3.93. The molecule has 2 fully saturated rings. The summed E-state index contributed by atoms with van der Waals surface area (Å²) in [6.07, 6.45) is 2.14. The zero-order valence-electron chi connectivity index (χ0n) is 15.0. The van der Waals surface area contributed by atoms with Crippen LogP contribution in [0.1, 0.15) is 16.9 Å². The van der Waals surface area contributed by atoms with Gasteiger partial charge in [-0.15, -0.1) is 0 Å². The summed E-state index contributed by atoms with van der Waals surface area (Å²) in [4.78, 5) is 26.4. The van der Waals surface area contributed by atoms with Gasteiger partial charge in [-0.05, 0) is 36.8 Å². The number of rotatable bonds is 4. The van der Waals surface area contributed by atoms with Crippen molar-refractivity contribution in [2.75, 3.05) is 33.4 Å². The number of hydrogen-bond acceptors (Lipinski definition) is 5. The minimum atomic E-state index is -0.910. The molecule has 1 amide bonds. The lowest BCUT2D eigenvalue weighted by atomic mass is 9.74. The maximum Gasteiger partial charge on any atom is 0.311 e. The zero-order chi connectivity index (χ0) is 19.0. The van der Waals surface area contributed by atoms with Crippen molar-refractivity contribution in [3.8, 4) is 11.4 Å². The summed E-state index contributed by atoms with van der Waals surface area (Å²) in [7, 11) is 1.60. The van der Waals surface area contributed by atoms with Crippen molar-refractivity contribution in [2.24, 2.45) is 11.3 Å². The lowest BCUT2D eigenvalue weighted by Gasteiger charge is -2.33. The van der Waals surface area contributed by atoms with E-state index in [0.717, 1.165) is 11.4 Å². The number of aliphatic carboxylic acids is 1. The Morgan fingerprint density at radius 1 is 1.30 bits per heavy atom. The molecule has 1 aromatic heterocycles. The maximum absolute atomic E-state index is 12.9. The average Bonchev–Trinajstić information content (AvgIpc) is 3.33. The van der Waals surface area contributed by atoms with Crippen molar-refractivity contribution in [1.82, 2.24) is 14.7 Å². The summed E-state index contributed by atoms with van der Waals surface area (Å²) in [5, 5.41) is 14.1. The molecule has 0 saturated carbocycles. The molecule has 2 saturated heterocycles. The quantitative estimate of drug-likeness (QED) is 0.874. The van der Waals surface area contributed by atoms with Gasteiger partial charge >= 0.3 is 5.97 Å². The van der Waals surface area contributed by atoms with Gasteiger partial charge in [0.25, 0.3) is 5.91 Å². The van der Waals surface area contributed by atoms with Crippen LogP contribution in [0.3, 0.4) is 0 Å². The zero-order valence-corrected chi connectivity index (χ0v) is 15.0. The molecule has 0 spiro atoms. The molecule has 2 aliphatic heterocycles. The van der Waals surface area contributed by atoms with Gasteiger partial charge in [0.1, 0.15) is 5.75 Å². The molecule has 4 rings (SSSR count). The van der Waals surface area contributed by atoms with Crippen molar-refractivity contribution < 1.29 is 24.2 Å². The lowest BCUT2D eigenvalue weighted by Crippen LogP contribution is -2.45. The molecule has 2 atom stereocenters. The van der Waals surface area contributed by atoms with Crippen LogP contribution < -0.4 is 4.74 Å². The van der Waals surface area contributed by atoms with Crippen molar-refractivity contribution >= 4 is 11.9 Å². The third kappa shape index (κ3) is 2.95. The highest BCUT2D eigenvalue weighted by molar-refractivity contribution is 5.93. The minimum Gasteiger partial charge on any atom is -0.497 e. The van der Waals surface area contributed by atoms with E-state index in [4.69, 9.17) is 9.47 Å². The number of fused-ring (bicyclic) bond motifs is 1. The Bertz CT molecular complexity index is 862. The first kappa shape index (κ1) is 17.5. The summed E-state index contributed by atoms with van der Waals surface area (Å²) in [6.45, 7) is 1.36. The molecule has 0 radical (unpaired) electrons. The second-order valence-corrected chi connectivity index (χ2v) is 7.01. The minimum absolute atomic E-state index is 0.184. The van der Waals surface area contributed by atoms with Crippen molar-refractivity contribution in [3.63, 3.8) is 0 Å². The number of carboxylic acid groups (broad SMARTS) is 1. The van der Waals surface area contributed by atoms with Crippen LogP contribution in [0.2, 0.25) is 0 Å². The third-order valence-corrected chi connectivity index (χ3v) is 5.57. The van der Waals surface area contributed by atoms with E-state index in [1.54, 1.807) is 29.0 Å². The van der Waals surface area contributed by atoms with E-state index in [1.807, 2.05) is 24.3 Å². The van der Waals surface area contributed by atoms with Crippen molar-refractivity contribution in [1.29, 1.82) is 0 Å². The Labute approximate surface area is 156 Å². The number of nitrogens with zero attached hydrogens (tertiary/aromatic N) is 3. The van der Waals surface area contributed by atoms with E-state index in [2.05, 4.69) is 5.10 Å². The van der Waals surface area contributed by atoms with E-state index in [0.29, 0.717) is 31.9 Å². The summed E-state index contributed by atoms with van der Waals surface area (Å²) in [6, 6.07) is 8.99. The number of ether oxygens (including phenoxy) is 2. The van der Waals surface area contributed by atoms with Gasteiger partial charge in [-0.3, -0.25) is 9.59 Å². The van der Waals surface area contributed by atoms with E-state index < -0.39 is 11.4 Å². The molecule has 0 unspecified atom stereocenters. The smallest absolute Gasteiger partial charge is 0.311 e. The van der Waals surface area contributed by atoms with E-state index in [1.165, 1.54) is 0 Å². The number of carbonyl (C=O) groups excluding carboxylic acids is 1. The van der Waals surface area contributed by atoms with Gasteiger partial charge in [-0.25, -0.2) is 4.68 Å². The molecule has 142 valence electrons. The van der Waals surface area contributed by atoms with Crippen LogP contribution in [0.4, 0.5) is 0 Å². The SMILES string of the molecule is COc1ccc(-n2ccc(C(=O)N3C[C@H]4COCC[C@@]4(C(=O)O)C3)n2)cc1. The van der Waals surface area contributed by atoms with Crippen LogP contribution in [0.5, 0.6) is 5.75 Å². The Morgan fingerprint density at radius 2 is 2.07 bits per heavy atom. The Balaban J connectivity index is 1.53. The summed E-state index contributed by atoms with van der Waals surface area (Å²) >= 11 is 0. The summed E-state index contributed by atoms with van der Waals surface area (Å²) in [5.74, 6) is -0.549.